The summed E-state index contributed by atoms with van der Waals surface area (Å²) in [6.45, 7) is 3.72. The molecule has 0 atom stereocenters. The van der Waals surface area contributed by atoms with E-state index in [9.17, 15) is 4.79 Å². The van der Waals surface area contributed by atoms with Gasteiger partial charge in [-0.2, -0.15) is 5.10 Å². The molecule has 6 nitrogen and oxygen atoms in total. The summed E-state index contributed by atoms with van der Waals surface area (Å²) in [5.74, 6) is 0.726. The van der Waals surface area contributed by atoms with Crippen LogP contribution in [-0.2, 0) is 16.1 Å². The summed E-state index contributed by atoms with van der Waals surface area (Å²) in [7, 11) is 0. The van der Waals surface area contributed by atoms with E-state index >= 15 is 0 Å². The van der Waals surface area contributed by atoms with Gasteiger partial charge in [0.05, 0.1) is 33.1 Å². The van der Waals surface area contributed by atoms with E-state index in [-0.39, 0.29) is 5.91 Å². The van der Waals surface area contributed by atoms with Gasteiger partial charge in [0.1, 0.15) is 12.4 Å². The molecule has 154 valence electrons. The highest BCUT2D eigenvalue weighted by Crippen LogP contribution is 2.29. The molecular weight excluding hydrogens is 664 g/mol. The average Bonchev–Trinajstić information content (AvgIpc) is 2.69. The van der Waals surface area contributed by atoms with Gasteiger partial charge in [-0.1, -0.05) is 28.1 Å². The second-order valence-corrected chi connectivity index (χ2v) is 9.65. The molecule has 0 saturated carbocycles. The summed E-state index contributed by atoms with van der Waals surface area (Å²) in [5, 5.41) is 4.09. The molecule has 0 unspecified atom stereocenters. The zero-order valence-corrected chi connectivity index (χ0v) is 21.4. The van der Waals surface area contributed by atoms with Crippen molar-refractivity contribution in [2.45, 2.75) is 6.61 Å². The van der Waals surface area contributed by atoms with Crippen LogP contribution >= 0.6 is 61.1 Å². The van der Waals surface area contributed by atoms with Crippen molar-refractivity contribution in [3.8, 4) is 5.75 Å². The van der Waals surface area contributed by atoms with Gasteiger partial charge in [0.15, 0.2) is 0 Å². The first-order chi connectivity index (χ1) is 14.0. The van der Waals surface area contributed by atoms with Crippen LogP contribution in [0.4, 0.5) is 0 Å². The molecule has 2 aromatic carbocycles. The van der Waals surface area contributed by atoms with Crippen LogP contribution in [0.2, 0.25) is 0 Å². The lowest BCUT2D eigenvalue weighted by atomic mass is 10.2. The van der Waals surface area contributed by atoms with Crippen LogP contribution in [0.25, 0.3) is 0 Å². The van der Waals surface area contributed by atoms with Crippen molar-refractivity contribution in [3.63, 3.8) is 0 Å². The van der Waals surface area contributed by atoms with E-state index in [1.54, 1.807) is 6.21 Å². The van der Waals surface area contributed by atoms with Gasteiger partial charge in [0.2, 0.25) is 0 Å². The normalized spacial score (nSPS) is 14.9. The third kappa shape index (κ3) is 7.46. The van der Waals surface area contributed by atoms with Crippen LogP contribution in [0.3, 0.4) is 0 Å². The van der Waals surface area contributed by atoms with E-state index in [2.05, 4.69) is 76.5 Å². The zero-order chi connectivity index (χ0) is 20.6. The monoisotopic (exact) mass is 683 g/mol. The number of carbonyl (C=O) groups excluding carboxylic acids is 1. The maximum absolute atomic E-state index is 12.0. The molecule has 1 amide bonds. The fraction of sp³-hybridized carbons (Fsp3) is 0.300. The summed E-state index contributed by atoms with van der Waals surface area (Å²) in [6.07, 6.45) is 1.65. The Bertz CT molecular complexity index is 849. The van der Waals surface area contributed by atoms with Gasteiger partial charge in [0.25, 0.3) is 5.91 Å². The van der Waals surface area contributed by atoms with E-state index in [1.165, 1.54) is 0 Å². The van der Waals surface area contributed by atoms with Gasteiger partial charge in [-0.05, 0) is 80.6 Å². The van der Waals surface area contributed by atoms with Crippen molar-refractivity contribution in [3.05, 3.63) is 59.1 Å². The summed E-state index contributed by atoms with van der Waals surface area (Å²) >= 11 is 7.95. The molecule has 1 aliphatic rings. The number of benzene rings is 2. The number of rotatable bonds is 7. The Labute approximate surface area is 205 Å². The van der Waals surface area contributed by atoms with Crippen LogP contribution in [0.5, 0.6) is 5.75 Å². The standard InChI is InChI=1S/C20H20BrI2N3O3/c21-16-3-1-14(2-4-16)13-29-20-17(22)9-15(10-18(20)23)11-24-25-19(27)12-26-5-7-28-8-6-26/h1-4,9-11H,5-8,12-13H2,(H,25,27)/b24-11+. The second kappa shape index (κ2) is 11.6. The molecule has 3 rings (SSSR count). The van der Waals surface area contributed by atoms with Crippen molar-refractivity contribution >= 4 is 73.2 Å². The molecule has 0 aliphatic carbocycles. The maximum atomic E-state index is 12.0. The Kier molecular flexibility index (Phi) is 9.15. The molecule has 1 saturated heterocycles. The SMILES string of the molecule is O=C(CN1CCOCC1)N/N=C/c1cc(I)c(OCc2ccc(Br)cc2)c(I)c1. The van der Waals surface area contributed by atoms with E-state index in [4.69, 9.17) is 9.47 Å². The summed E-state index contributed by atoms with van der Waals surface area (Å²) in [4.78, 5) is 14.1. The summed E-state index contributed by atoms with van der Waals surface area (Å²) in [6, 6.07) is 12.0. The zero-order valence-electron chi connectivity index (χ0n) is 15.5. The van der Waals surface area contributed by atoms with Crippen LogP contribution in [0.1, 0.15) is 11.1 Å². The second-order valence-electron chi connectivity index (χ2n) is 6.41. The van der Waals surface area contributed by atoms with Crippen LogP contribution in [0, 0.1) is 7.14 Å². The minimum atomic E-state index is -0.123. The number of nitrogens with one attached hydrogen (secondary N) is 1. The molecule has 1 heterocycles. The van der Waals surface area contributed by atoms with Crippen molar-refractivity contribution in [1.29, 1.82) is 0 Å². The van der Waals surface area contributed by atoms with Crippen molar-refractivity contribution < 1.29 is 14.3 Å². The van der Waals surface area contributed by atoms with Crippen LogP contribution < -0.4 is 10.2 Å². The average molecular weight is 684 g/mol. The van der Waals surface area contributed by atoms with Gasteiger partial charge >= 0.3 is 0 Å². The lowest BCUT2D eigenvalue weighted by molar-refractivity contribution is -0.123. The Morgan fingerprint density at radius 2 is 1.86 bits per heavy atom. The molecule has 1 aliphatic heterocycles. The number of hydrogen-bond acceptors (Lipinski definition) is 5. The molecule has 0 spiro atoms. The largest absolute Gasteiger partial charge is 0.487 e. The lowest BCUT2D eigenvalue weighted by Gasteiger charge is -2.25. The Balaban J connectivity index is 1.54. The molecule has 1 fully saturated rings. The first kappa shape index (κ1) is 22.9. The summed E-state index contributed by atoms with van der Waals surface area (Å²) in [5.41, 5.74) is 4.60. The molecule has 9 heteroatoms. The minimum absolute atomic E-state index is 0.123. The molecule has 2 aromatic rings. The van der Waals surface area contributed by atoms with Crippen molar-refractivity contribution in [2.24, 2.45) is 5.10 Å². The quantitative estimate of drug-likeness (QED) is 0.272. The Morgan fingerprint density at radius 1 is 1.21 bits per heavy atom. The molecule has 0 bridgehead atoms. The fourth-order valence-electron chi connectivity index (χ4n) is 2.70. The molecule has 1 N–H and O–H groups in total. The summed E-state index contributed by atoms with van der Waals surface area (Å²) < 4.78 is 14.3. The smallest absolute Gasteiger partial charge is 0.254 e. The predicted molar refractivity (Wildman–Crippen MR) is 133 cm³/mol. The maximum Gasteiger partial charge on any atom is 0.254 e. The first-order valence-electron chi connectivity index (χ1n) is 8.99. The van der Waals surface area contributed by atoms with Gasteiger partial charge in [0, 0.05) is 17.6 Å². The van der Waals surface area contributed by atoms with E-state index in [0.717, 1.165) is 41.6 Å². The molecular formula is C20H20BrI2N3O3. The third-order valence-corrected chi connectivity index (χ3v) is 6.32. The van der Waals surface area contributed by atoms with Gasteiger partial charge in [-0.15, -0.1) is 0 Å². The molecule has 0 radical (unpaired) electrons. The van der Waals surface area contributed by atoms with Crippen LogP contribution in [-0.4, -0.2) is 49.9 Å². The highest BCUT2D eigenvalue weighted by molar-refractivity contribution is 14.1. The Hall–Kier alpha value is -0.760. The van der Waals surface area contributed by atoms with Gasteiger partial charge in [-0.3, -0.25) is 9.69 Å². The van der Waals surface area contributed by atoms with Crippen molar-refractivity contribution in [1.82, 2.24) is 10.3 Å². The highest BCUT2D eigenvalue weighted by atomic mass is 127. The number of nitrogens with zero attached hydrogens (tertiary/aromatic N) is 2. The van der Waals surface area contributed by atoms with Crippen molar-refractivity contribution in [2.75, 3.05) is 32.8 Å². The number of carbonyl (C=O) groups is 1. The molecule has 29 heavy (non-hydrogen) atoms. The predicted octanol–water partition coefficient (Wildman–Crippen LogP) is 4.02. The van der Waals surface area contributed by atoms with E-state index in [1.807, 2.05) is 36.4 Å². The van der Waals surface area contributed by atoms with Gasteiger partial charge < -0.3 is 9.47 Å². The topological polar surface area (TPSA) is 63.2 Å². The van der Waals surface area contributed by atoms with E-state index in [0.29, 0.717) is 26.4 Å². The number of hydrazone groups is 1. The number of halogens is 3. The highest BCUT2D eigenvalue weighted by Gasteiger charge is 2.13. The first-order valence-corrected chi connectivity index (χ1v) is 11.9. The lowest BCUT2D eigenvalue weighted by Crippen LogP contribution is -2.42. The number of amides is 1. The molecule has 0 aromatic heterocycles. The number of morpholine rings is 1. The third-order valence-electron chi connectivity index (χ3n) is 4.19. The Morgan fingerprint density at radius 3 is 2.52 bits per heavy atom. The minimum Gasteiger partial charge on any atom is -0.487 e. The number of hydrogen-bond donors (Lipinski definition) is 1. The van der Waals surface area contributed by atoms with Crippen LogP contribution in [0.15, 0.2) is 46.0 Å². The van der Waals surface area contributed by atoms with Gasteiger partial charge in [-0.25, -0.2) is 5.43 Å². The number of ether oxygens (including phenoxy) is 2. The van der Waals surface area contributed by atoms with E-state index < -0.39 is 0 Å². The fourth-order valence-corrected chi connectivity index (χ4v) is 5.10.